The van der Waals surface area contributed by atoms with Crippen molar-refractivity contribution in [2.75, 3.05) is 0 Å². The van der Waals surface area contributed by atoms with Gasteiger partial charge in [-0.25, -0.2) is 0 Å². The van der Waals surface area contributed by atoms with Crippen molar-refractivity contribution in [3.63, 3.8) is 0 Å². The fourth-order valence-corrected chi connectivity index (χ4v) is 2.91. The van der Waals surface area contributed by atoms with Gasteiger partial charge in [-0.3, -0.25) is 0 Å². The Morgan fingerprint density at radius 1 is 1.06 bits per heavy atom. The van der Waals surface area contributed by atoms with Gasteiger partial charge >= 0.3 is 0 Å². The van der Waals surface area contributed by atoms with Crippen LogP contribution in [0.5, 0.6) is 0 Å². The molecule has 0 aromatic heterocycles. The number of rotatable bonds is 3. The van der Waals surface area contributed by atoms with Gasteiger partial charge in [0.05, 0.1) is 5.02 Å². The standard InChI is InChI=1S/C14H12ClIS/c1-2-10-3-5-11(6-4-10)17-12-7-8-14(16)13(15)9-12/h3-9H,2H2,1H3. The number of aryl methyl sites for hydroxylation is 1. The molecule has 0 nitrogen and oxygen atoms in total. The lowest BCUT2D eigenvalue weighted by molar-refractivity contribution is 1.13. The molecular weight excluding hydrogens is 363 g/mol. The quantitative estimate of drug-likeness (QED) is 0.625. The van der Waals surface area contributed by atoms with Crippen LogP contribution in [0.4, 0.5) is 0 Å². The van der Waals surface area contributed by atoms with Crippen molar-refractivity contribution in [2.24, 2.45) is 0 Å². The molecule has 0 saturated heterocycles. The van der Waals surface area contributed by atoms with Crippen LogP contribution in [0, 0.1) is 3.57 Å². The Morgan fingerprint density at radius 2 is 1.71 bits per heavy atom. The van der Waals surface area contributed by atoms with Crippen LogP contribution >= 0.6 is 46.0 Å². The van der Waals surface area contributed by atoms with E-state index in [0.29, 0.717) is 0 Å². The van der Waals surface area contributed by atoms with Gasteiger partial charge in [-0.1, -0.05) is 42.4 Å². The zero-order valence-corrected chi connectivity index (χ0v) is 13.1. The van der Waals surface area contributed by atoms with Crippen molar-refractivity contribution < 1.29 is 0 Å². The Bertz CT molecular complexity index is 508. The molecule has 0 atom stereocenters. The maximum absolute atomic E-state index is 6.11. The summed E-state index contributed by atoms with van der Waals surface area (Å²) in [6.45, 7) is 2.17. The zero-order chi connectivity index (χ0) is 12.3. The molecule has 0 saturated carbocycles. The predicted molar refractivity (Wildman–Crippen MR) is 84.1 cm³/mol. The van der Waals surface area contributed by atoms with E-state index in [1.807, 2.05) is 12.1 Å². The fourth-order valence-electron chi connectivity index (χ4n) is 1.47. The molecule has 2 rings (SSSR count). The highest BCUT2D eigenvalue weighted by Crippen LogP contribution is 2.31. The fraction of sp³-hybridized carbons (Fsp3) is 0.143. The summed E-state index contributed by atoms with van der Waals surface area (Å²) >= 11 is 10.1. The summed E-state index contributed by atoms with van der Waals surface area (Å²) in [5.74, 6) is 0. The minimum atomic E-state index is 0.820. The second kappa shape index (κ2) is 6.12. The van der Waals surface area contributed by atoms with Gasteiger partial charge in [-0.15, -0.1) is 0 Å². The van der Waals surface area contributed by atoms with Crippen LogP contribution in [0.25, 0.3) is 0 Å². The van der Waals surface area contributed by atoms with Crippen LogP contribution in [0.15, 0.2) is 52.3 Å². The summed E-state index contributed by atoms with van der Waals surface area (Å²) in [7, 11) is 0. The Morgan fingerprint density at radius 3 is 2.29 bits per heavy atom. The van der Waals surface area contributed by atoms with Crippen molar-refractivity contribution in [2.45, 2.75) is 23.1 Å². The summed E-state index contributed by atoms with van der Waals surface area (Å²) < 4.78 is 1.09. The molecule has 88 valence electrons. The highest BCUT2D eigenvalue weighted by Gasteiger charge is 2.01. The molecule has 0 bridgehead atoms. The lowest BCUT2D eigenvalue weighted by Crippen LogP contribution is -1.80. The molecule has 0 heterocycles. The molecule has 0 N–H and O–H groups in total. The van der Waals surface area contributed by atoms with E-state index in [2.05, 4.69) is 59.8 Å². The average Bonchev–Trinajstić information content (AvgIpc) is 2.35. The van der Waals surface area contributed by atoms with Crippen LogP contribution in [0.2, 0.25) is 5.02 Å². The van der Waals surface area contributed by atoms with E-state index in [4.69, 9.17) is 11.6 Å². The van der Waals surface area contributed by atoms with Crippen molar-refractivity contribution >= 4 is 46.0 Å². The highest BCUT2D eigenvalue weighted by molar-refractivity contribution is 14.1. The molecule has 0 spiro atoms. The molecule has 0 aliphatic rings. The molecule has 0 aliphatic heterocycles. The van der Waals surface area contributed by atoms with Crippen molar-refractivity contribution in [3.05, 3.63) is 56.6 Å². The van der Waals surface area contributed by atoms with E-state index in [9.17, 15) is 0 Å². The zero-order valence-electron chi connectivity index (χ0n) is 9.41. The summed E-state index contributed by atoms with van der Waals surface area (Å²) in [5.41, 5.74) is 1.37. The van der Waals surface area contributed by atoms with Gasteiger partial charge in [0.25, 0.3) is 0 Å². The van der Waals surface area contributed by atoms with Crippen LogP contribution in [0.1, 0.15) is 12.5 Å². The van der Waals surface area contributed by atoms with E-state index in [0.717, 1.165) is 15.0 Å². The van der Waals surface area contributed by atoms with E-state index >= 15 is 0 Å². The molecule has 0 amide bonds. The number of benzene rings is 2. The third kappa shape index (κ3) is 3.63. The topological polar surface area (TPSA) is 0 Å². The van der Waals surface area contributed by atoms with Gasteiger partial charge < -0.3 is 0 Å². The summed E-state index contributed by atoms with van der Waals surface area (Å²) in [6.07, 6.45) is 1.08. The highest BCUT2D eigenvalue weighted by atomic mass is 127. The second-order valence-corrected chi connectivity index (χ2v) is 6.39. The van der Waals surface area contributed by atoms with Crippen molar-refractivity contribution in [3.8, 4) is 0 Å². The molecule has 2 aromatic rings. The van der Waals surface area contributed by atoms with Crippen molar-refractivity contribution in [1.82, 2.24) is 0 Å². The molecule has 0 aliphatic carbocycles. The monoisotopic (exact) mass is 374 g/mol. The first-order valence-electron chi connectivity index (χ1n) is 5.41. The Kier molecular flexibility index (Phi) is 4.77. The summed E-state index contributed by atoms with van der Waals surface area (Å²) in [5, 5.41) is 0.820. The molecule has 17 heavy (non-hydrogen) atoms. The molecular formula is C14H12ClIS. The summed E-state index contributed by atoms with van der Waals surface area (Å²) in [6, 6.07) is 14.8. The third-order valence-electron chi connectivity index (χ3n) is 2.46. The third-order valence-corrected chi connectivity index (χ3v) is 5.03. The maximum Gasteiger partial charge on any atom is 0.0550 e. The maximum atomic E-state index is 6.11. The van der Waals surface area contributed by atoms with E-state index in [1.165, 1.54) is 15.4 Å². The Hall–Kier alpha value is -0.190. The largest absolute Gasteiger partial charge is 0.0900 e. The van der Waals surface area contributed by atoms with Crippen LogP contribution < -0.4 is 0 Å². The minimum Gasteiger partial charge on any atom is -0.0900 e. The van der Waals surface area contributed by atoms with E-state index in [-0.39, 0.29) is 0 Å². The van der Waals surface area contributed by atoms with Gasteiger partial charge in [0.1, 0.15) is 0 Å². The Balaban J connectivity index is 2.16. The van der Waals surface area contributed by atoms with Crippen molar-refractivity contribution in [1.29, 1.82) is 0 Å². The van der Waals surface area contributed by atoms with E-state index in [1.54, 1.807) is 11.8 Å². The summed E-state index contributed by atoms with van der Waals surface area (Å²) in [4.78, 5) is 2.43. The Labute approximate surface area is 125 Å². The number of hydrogen-bond acceptors (Lipinski definition) is 1. The molecule has 0 fully saturated rings. The molecule has 0 unspecified atom stereocenters. The second-order valence-electron chi connectivity index (χ2n) is 3.68. The van der Waals surface area contributed by atoms with Gasteiger partial charge in [-0.05, 0) is 64.9 Å². The van der Waals surface area contributed by atoms with Crippen LogP contribution in [0.3, 0.4) is 0 Å². The van der Waals surface area contributed by atoms with Gasteiger partial charge in [-0.2, -0.15) is 0 Å². The molecule has 2 aromatic carbocycles. The van der Waals surface area contributed by atoms with Gasteiger partial charge in [0.2, 0.25) is 0 Å². The molecule has 3 heteroatoms. The van der Waals surface area contributed by atoms with E-state index < -0.39 is 0 Å². The number of halogens is 2. The van der Waals surface area contributed by atoms with Gasteiger partial charge in [0.15, 0.2) is 0 Å². The molecule has 0 radical (unpaired) electrons. The van der Waals surface area contributed by atoms with Crippen LogP contribution in [-0.2, 0) is 6.42 Å². The smallest absolute Gasteiger partial charge is 0.0550 e. The SMILES string of the molecule is CCc1ccc(Sc2ccc(I)c(Cl)c2)cc1. The minimum absolute atomic E-state index is 0.820. The number of hydrogen-bond donors (Lipinski definition) is 0. The van der Waals surface area contributed by atoms with Crippen LogP contribution in [-0.4, -0.2) is 0 Å². The lowest BCUT2D eigenvalue weighted by Gasteiger charge is -2.04. The first-order chi connectivity index (χ1) is 8.19. The van der Waals surface area contributed by atoms with Gasteiger partial charge in [0, 0.05) is 13.4 Å². The lowest BCUT2D eigenvalue weighted by atomic mass is 10.2. The predicted octanol–water partition coefficient (Wildman–Crippen LogP) is 5.66. The first kappa shape index (κ1) is 13.2. The normalized spacial score (nSPS) is 10.5. The average molecular weight is 375 g/mol. The first-order valence-corrected chi connectivity index (χ1v) is 7.68.